The van der Waals surface area contributed by atoms with Crippen LogP contribution in [0.5, 0.6) is 0 Å². The zero-order valence-corrected chi connectivity index (χ0v) is 13.7. The zero-order chi connectivity index (χ0) is 15.7. The van der Waals surface area contributed by atoms with Crippen LogP contribution in [0, 0.1) is 12.8 Å². The first-order valence-electron chi connectivity index (χ1n) is 7.56. The van der Waals surface area contributed by atoms with Gasteiger partial charge in [0.1, 0.15) is 0 Å². The average Bonchev–Trinajstić information content (AvgIpc) is 2.45. The van der Waals surface area contributed by atoms with E-state index in [1.807, 2.05) is 12.1 Å². The minimum absolute atomic E-state index is 0.182. The highest BCUT2D eigenvalue weighted by Gasteiger charge is 2.34. The number of aryl methyl sites for hydroxylation is 1. The molecule has 0 atom stereocenters. The monoisotopic (exact) mass is 319 g/mol. The van der Waals surface area contributed by atoms with Crippen LogP contribution in [0.3, 0.4) is 0 Å². The molecule has 5 nitrogen and oxygen atoms in total. The molecule has 2 aromatic rings. The summed E-state index contributed by atoms with van der Waals surface area (Å²) in [5, 5.41) is 4.56. The lowest BCUT2D eigenvalue weighted by atomic mass is 10.0. The molecule has 1 N–H and O–H groups in total. The van der Waals surface area contributed by atoms with Crippen molar-refractivity contribution in [3.05, 3.63) is 36.0 Å². The van der Waals surface area contributed by atoms with Gasteiger partial charge in [-0.1, -0.05) is 11.6 Å². The Morgan fingerprint density at radius 2 is 2.09 bits per heavy atom. The van der Waals surface area contributed by atoms with Crippen molar-refractivity contribution < 1.29 is 8.42 Å². The predicted molar refractivity (Wildman–Crippen MR) is 89.5 cm³/mol. The number of hydrogen-bond acceptors (Lipinski definition) is 4. The summed E-state index contributed by atoms with van der Waals surface area (Å²) in [6, 6.07) is 8.17. The van der Waals surface area contributed by atoms with Crippen molar-refractivity contribution in [1.29, 1.82) is 0 Å². The number of pyridine rings is 1. The van der Waals surface area contributed by atoms with Crippen molar-refractivity contribution in [3.63, 3.8) is 0 Å². The second-order valence-electron chi connectivity index (χ2n) is 5.84. The minimum atomic E-state index is -3.02. The van der Waals surface area contributed by atoms with Gasteiger partial charge in [0.05, 0.1) is 11.3 Å². The normalized spacial score (nSPS) is 16.6. The number of hydrogen-bond donors (Lipinski definition) is 1. The maximum absolute atomic E-state index is 11.7. The molecule has 0 aliphatic carbocycles. The van der Waals surface area contributed by atoms with E-state index in [-0.39, 0.29) is 5.75 Å². The Balaban J connectivity index is 1.65. The molecule has 2 heterocycles. The van der Waals surface area contributed by atoms with Gasteiger partial charge in [0, 0.05) is 42.8 Å². The number of anilines is 1. The standard InChI is InChI=1S/C16H21N3O2S/c1-3-22(20,21)19-10-13(11-19)9-18-16-6-7-17-15-5-4-12(2)8-14(15)16/h4-8,13H,3,9-11H2,1-2H3,(H,17,18). The first kappa shape index (κ1) is 15.2. The van der Waals surface area contributed by atoms with Gasteiger partial charge in [-0.2, -0.15) is 0 Å². The second kappa shape index (κ2) is 5.85. The third kappa shape index (κ3) is 2.94. The molecule has 0 unspecified atom stereocenters. The fourth-order valence-electron chi connectivity index (χ4n) is 2.73. The van der Waals surface area contributed by atoms with E-state index in [4.69, 9.17) is 0 Å². The van der Waals surface area contributed by atoms with E-state index in [0.717, 1.165) is 23.1 Å². The van der Waals surface area contributed by atoms with Crippen molar-refractivity contribution in [1.82, 2.24) is 9.29 Å². The minimum Gasteiger partial charge on any atom is -0.384 e. The molecule has 0 radical (unpaired) electrons. The Morgan fingerprint density at radius 1 is 1.32 bits per heavy atom. The molecule has 6 heteroatoms. The molecule has 0 saturated carbocycles. The lowest BCUT2D eigenvalue weighted by molar-refractivity contribution is 0.212. The molecule has 3 rings (SSSR count). The third-order valence-corrected chi connectivity index (χ3v) is 5.97. The smallest absolute Gasteiger partial charge is 0.213 e. The fraction of sp³-hybridized carbons (Fsp3) is 0.438. The van der Waals surface area contributed by atoms with Gasteiger partial charge in [0.15, 0.2) is 0 Å². The summed E-state index contributed by atoms with van der Waals surface area (Å²) in [5.41, 5.74) is 3.23. The molecular weight excluding hydrogens is 298 g/mol. The van der Waals surface area contributed by atoms with E-state index in [9.17, 15) is 8.42 Å². The number of nitrogens with one attached hydrogen (secondary N) is 1. The quantitative estimate of drug-likeness (QED) is 0.918. The van der Waals surface area contributed by atoms with Crippen LogP contribution in [0.2, 0.25) is 0 Å². The van der Waals surface area contributed by atoms with Crippen molar-refractivity contribution in [2.75, 3.05) is 30.7 Å². The summed E-state index contributed by atoms with van der Waals surface area (Å²) in [5.74, 6) is 0.552. The Bertz CT molecular complexity index is 783. The Kier molecular flexibility index (Phi) is 4.06. The Hall–Kier alpha value is -1.66. The second-order valence-corrected chi connectivity index (χ2v) is 8.10. The molecule has 1 saturated heterocycles. The summed E-state index contributed by atoms with van der Waals surface area (Å²) >= 11 is 0. The van der Waals surface area contributed by atoms with Crippen molar-refractivity contribution in [3.8, 4) is 0 Å². The molecule has 118 valence electrons. The van der Waals surface area contributed by atoms with Crippen LogP contribution in [0.15, 0.2) is 30.5 Å². The molecule has 0 spiro atoms. The number of rotatable bonds is 5. The van der Waals surface area contributed by atoms with E-state index >= 15 is 0 Å². The fourth-order valence-corrected chi connectivity index (χ4v) is 3.97. The number of sulfonamides is 1. The van der Waals surface area contributed by atoms with Gasteiger partial charge in [0.2, 0.25) is 10.0 Å². The summed E-state index contributed by atoms with van der Waals surface area (Å²) in [6.07, 6.45) is 1.80. The van der Waals surface area contributed by atoms with E-state index in [1.165, 1.54) is 5.56 Å². The largest absolute Gasteiger partial charge is 0.384 e. The summed E-state index contributed by atoms with van der Waals surface area (Å²) in [6.45, 7) is 5.77. The molecule has 1 aromatic heterocycles. The van der Waals surface area contributed by atoms with Crippen molar-refractivity contribution in [2.45, 2.75) is 13.8 Å². The first-order chi connectivity index (χ1) is 10.5. The van der Waals surface area contributed by atoms with Gasteiger partial charge in [-0.15, -0.1) is 0 Å². The molecule has 1 aromatic carbocycles. The van der Waals surface area contributed by atoms with Gasteiger partial charge in [-0.05, 0) is 32.0 Å². The zero-order valence-electron chi connectivity index (χ0n) is 12.9. The number of aromatic nitrogens is 1. The summed E-state index contributed by atoms with van der Waals surface area (Å²) in [4.78, 5) is 4.37. The van der Waals surface area contributed by atoms with Gasteiger partial charge in [0.25, 0.3) is 0 Å². The van der Waals surface area contributed by atoms with Crippen molar-refractivity contribution >= 4 is 26.6 Å². The van der Waals surface area contributed by atoms with Gasteiger partial charge in [-0.3, -0.25) is 4.98 Å². The maximum Gasteiger partial charge on any atom is 0.213 e. The number of fused-ring (bicyclic) bond motifs is 1. The number of nitrogens with zero attached hydrogens (tertiary/aromatic N) is 2. The SMILES string of the molecule is CCS(=O)(=O)N1CC(CNc2ccnc3ccc(C)cc23)C1. The Labute approximate surface area is 131 Å². The molecule has 0 bridgehead atoms. The van der Waals surface area contributed by atoms with Crippen LogP contribution in [0.1, 0.15) is 12.5 Å². The highest BCUT2D eigenvalue weighted by Crippen LogP contribution is 2.25. The first-order valence-corrected chi connectivity index (χ1v) is 9.17. The van der Waals surface area contributed by atoms with Crippen LogP contribution in [0.25, 0.3) is 10.9 Å². The summed E-state index contributed by atoms with van der Waals surface area (Å²) < 4.78 is 25.0. The topological polar surface area (TPSA) is 62.3 Å². The predicted octanol–water partition coefficient (Wildman–Crippen LogP) is 2.24. The van der Waals surface area contributed by atoms with Crippen molar-refractivity contribution in [2.24, 2.45) is 5.92 Å². The summed E-state index contributed by atoms with van der Waals surface area (Å²) in [7, 11) is -3.02. The van der Waals surface area contributed by atoms with Gasteiger partial charge < -0.3 is 5.32 Å². The molecule has 0 amide bonds. The lowest BCUT2D eigenvalue weighted by Gasteiger charge is -2.38. The molecule has 22 heavy (non-hydrogen) atoms. The van der Waals surface area contributed by atoms with Crippen LogP contribution in [0.4, 0.5) is 5.69 Å². The highest BCUT2D eigenvalue weighted by atomic mass is 32.2. The van der Waals surface area contributed by atoms with Crippen LogP contribution >= 0.6 is 0 Å². The lowest BCUT2D eigenvalue weighted by Crippen LogP contribution is -2.52. The average molecular weight is 319 g/mol. The maximum atomic E-state index is 11.7. The van der Waals surface area contributed by atoms with E-state index < -0.39 is 10.0 Å². The highest BCUT2D eigenvalue weighted by molar-refractivity contribution is 7.89. The molecule has 1 fully saturated rings. The van der Waals surface area contributed by atoms with Crippen LogP contribution < -0.4 is 5.32 Å². The number of benzene rings is 1. The van der Waals surface area contributed by atoms with E-state index in [1.54, 1.807) is 17.4 Å². The van der Waals surface area contributed by atoms with E-state index in [0.29, 0.717) is 19.0 Å². The molecule has 1 aliphatic heterocycles. The Morgan fingerprint density at radius 3 is 2.82 bits per heavy atom. The van der Waals surface area contributed by atoms with Crippen LogP contribution in [-0.4, -0.2) is 43.1 Å². The van der Waals surface area contributed by atoms with Gasteiger partial charge >= 0.3 is 0 Å². The van der Waals surface area contributed by atoms with Gasteiger partial charge in [-0.25, -0.2) is 12.7 Å². The molecular formula is C16H21N3O2S. The molecule has 1 aliphatic rings. The van der Waals surface area contributed by atoms with Crippen LogP contribution in [-0.2, 0) is 10.0 Å². The third-order valence-electron chi connectivity index (χ3n) is 4.16. The van der Waals surface area contributed by atoms with E-state index in [2.05, 4.69) is 29.4 Å².